The number of nitrogens with zero attached hydrogens (tertiary/aromatic N) is 2. The van der Waals surface area contributed by atoms with Gasteiger partial charge in [-0.3, -0.25) is 10.9 Å². The second kappa shape index (κ2) is 13.0. The van der Waals surface area contributed by atoms with Crippen molar-refractivity contribution >= 4 is 0 Å². The Labute approximate surface area is 147 Å². The van der Waals surface area contributed by atoms with Gasteiger partial charge in [-0.2, -0.15) is 0 Å². The lowest BCUT2D eigenvalue weighted by Crippen LogP contribution is -2.36. The normalized spacial score (nSPS) is 21.9. The van der Waals surface area contributed by atoms with E-state index in [9.17, 15) is 4.39 Å². The second-order valence-electron chi connectivity index (χ2n) is 7.09. The van der Waals surface area contributed by atoms with Crippen molar-refractivity contribution in [1.82, 2.24) is 20.7 Å². The van der Waals surface area contributed by atoms with Crippen LogP contribution in [-0.4, -0.2) is 81.5 Å². The van der Waals surface area contributed by atoms with Gasteiger partial charge >= 0.3 is 0 Å². The highest BCUT2D eigenvalue weighted by molar-refractivity contribution is 4.71. The van der Waals surface area contributed by atoms with Gasteiger partial charge in [0, 0.05) is 45.9 Å². The number of alkyl halides is 1. The first-order chi connectivity index (χ1) is 11.8. The van der Waals surface area contributed by atoms with E-state index in [1.807, 2.05) is 0 Å². The summed E-state index contributed by atoms with van der Waals surface area (Å²) in [4.78, 5) is 4.92. The summed E-state index contributed by atoms with van der Waals surface area (Å²) in [6.07, 6.45) is 6.90. The monoisotopic (exact) mass is 344 g/mol. The van der Waals surface area contributed by atoms with Gasteiger partial charge < -0.3 is 14.5 Å². The van der Waals surface area contributed by atoms with Gasteiger partial charge in [0.25, 0.3) is 0 Å². The van der Waals surface area contributed by atoms with Crippen molar-refractivity contribution in [2.24, 2.45) is 0 Å². The molecule has 0 saturated carbocycles. The molecule has 0 radical (unpaired) electrons. The average molecular weight is 345 g/mol. The summed E-state index contributed by atoms with van der Waals surface area (Å²) in [5.74, 6) is 0. The maximum Gasteiger partial charge on any atom is 0.103 e. The van der Waals surface area contributed by atoms with Crippen LogP contribution in [0.4, 0.5) is 4.39 Å². The number of hydrogen-bond donors (Lipinski definition) is 2. The molecule has 6 heteroatoms. The largest absolute Gasteiger partial charge is 0.380 e. The SMILES string of the molecule is FC1CCN(CCCCNNCCCCN2CCCOCC2)CC1. The van der Waals surface area contributed by atoms with Crippen LogP contribution in [0.15, 0.2) is 0 Å². The molecule has 0 spiro atoms. The van der Waals surface area contributed by atoms with E-state index in [2.05, 4.69) is 20.7 Å². The third-order valence-electron chi connectivity index (χ3n) is 5.01. The number of unbranched alkanes of at least 4 members (excludes halogenated alkanes) is 2. The molecule has 24 heavy (non-hydrogen) atoms. The molecule has 2 saturated heterocycles. The molecule has 0 aromatic carbocycles. The number of halogens is 1. The molecule has 2 aliphatic heterocycles. The highest BCUT2D eigenvalue weighted by Crippen LogP contribution is 2.13. The minimum absolute atomic E-state index is 0.556. The molecule has 0 amide bonds. The first-order valence-electron chi connectivity index (χ1n) is 9.97. The van der Waals surface area contributed by atoms with Crippen molar-refractivity contribution < 1.29 is 9.13 Å². The number of ether oxygens (including phenoxy) is 1. The van der Waals surface area contributed by atoms with Crippen LogP contribution in [0.25, 0.3) is 0 Å². The molecule has 0 unspecified atom stereocenters. The highest BCUT2D eigenvalue weighted by Gasteiger charge is 2.17. The van der Waals surface area contributed by atoms with Crippen molar-refractivity contribution in [3.05, 3.63) is 0 Å². The Morgan fingerprint density at radius 2 is 1.42 bits per heavy atom. The summed E-state index contributed by atoms with van der Waals surface area (Å²) in [6, 6.07) is 0. The van der Waals surface area contributed by atoms with E-state index in [-0.39, 0.29) is 0 Å². The average Bonchev–Trinajstić information content (AvgIpc) is 2.87. The number of rotatable bonds is 11. The number of nitrogens with one attached hydrogen (secondary N) is 2. The Hall–Kier alpha value is -0.270. The third-order valence-corrected chi connectivity index (χ3v) is 5.01. The Morgan fingerprint density at radius 3 is 2.08 bits per heavy atom. The zero-order valence-electron chi connectivity index (χ0n) is 15.3. The molecule has 2 aliphatic rings. The lowest BCUT2D eigenvalue weighted by atomic mass is 10.1. The van der Waals surface area contributed by atoms with Gasteiger partial charge in [0.1, 0.15) is 6.17 Å². The molecule has 142 valence electrons. The quantitative estimate of drug-likeness (QED) is 0.442. The summed E-state index contributed by atoms with van der Waals surface area (Å²) in [7, 11) is 0. The lowest BCUT2D eigenvalue weighted by molar-refractivity contribution is 0.141. The van der Waals surface area contributed by atoms with E-state index < -0.39 is 6.17 Å². The second-order valence-corrected chi connectivity index (χ2v) is 7.09. The predicted molar refractivity (Wildman–Crippen MR) is 96.9 cm³/mol. The summed E-state index contributed by atoms with van der Waals surface area (Å²) in [6.45, 7) is 10.4. The zero-order chi connectivity index (χ0) is 16.9. The maximum atomic E-state index is 13.0. The van der Waals surface area contributed by atoms with E-state index in [1.54, 1.807) is 0 Å². The van der Waals surface area contributed by atoms with Crippen molar-refractivity contribution in [2.45, 2.75) is 51.1 Å². The highest BCUT2D eigenvalue weighted by atomic mass is 19.1. The molecule has 2 N–H and O–H groups in total. The number of hydrogen-bond acceptors (Lipinski definition) is 5. The molecule has 0 aliphatic carbocycles. The molecule has 0 aromatic heterocycles. The first kappa shape index (κ1) is 20.0. The Balaban J connectivity index is 1.30. The molecule has 0 bridgehead atoms. The molecular formula is C18H37FN4O. The van der Waals surface area contributed by atoms with E-state index >= 15 is 0 Å². The topological polar surface area (TPSA) is 39.8 Å². The van der Waals surface area contributed by atoms with E-state index in [0.717, 1.165) is 65.3 Å². The van der Waals surface area contributed by atoms with Crippen LogP contribution >= 0.6 is 0 Å². The summed E-state index contributed by atoms with van der Waals surface area (Å²) >= 11 is 0. The molecule has 5 nitrogen and oxygen atoms in total. The fourth-order valence-corrected chi connectivity index (χ4v) is 3.42. The van der Waals surface area contributed by atoms with Crippen LogP contribution in [0, 0.1) is 0 Å². The smallest absolute Gasteiger partial charge is 0.103 e. The fraction of sp³-hybridized carbons (Fsp3) is 1.00. The van der Waals surface area contributed by atoms with Crippen LogP contribution in [0.1, 0.15) is 44.9 Å². The van der Waals surface area contributed by atoms with Crippen molar-refractivity contribution in [2.75, 3.05) is 65.6 Å². The Morgan fingerprint density at radius 1 is 0.792 bits per heavy atom. The standard InChI is InChI=1S/C18H37FN4O/c19-18-6-13-23(14-7-18)11-4-2-9-21-20-8-1-3-10-22-12-5-16-24-17-15-22/h18,20-21H,1-17H2. The number of piperidine rings is 1. The molecular weight excluding hydrogens is 307 g/mol. The van der Waals surface area contributed by atoms with E-state index in [4.69, 9.17) is 4.74 Å². The molecule has 2 rings (SSSR count). The summed E-state index contributed by atoms with van der Waals surface area (Å²) in [5.41, 5.74) is 6.64. The number of hydrazine groups is 1. The van der Waals surface area contributed by atoms with Crippen LogP contribution in [0.2, 0.25) is 0 Å². The van der Waals surface area contributed by atoms with Gasteiger partial charge in [0.05, 0.1) is 6.61 Å². The molecule has 2 heterocycles. The maximum absolute atomic E-state index is 13.0. The van der Waals surface area contributed by atoms with Gasteiger partial charge in [-0.25, -0.2) is 4.39 Å². The fourth-order valence-electron chi connectivity index (χ4n) is 3.42. The van der Waals surface area contributed by atoms with Gasteiger partial charge in [-0.1, -0.05) is 0 Å². The van der Waals surface area contributed by atoms with Gasteiger partial charge in [-0.15, -0.1) is 0 Å². The van der Waals surface area contributed by atoms with Crippen molar-refractivity contribution in [3.8, 4) is 0 Å². The predicted octanol–water partition coefficient (Wildman–Crippen LogP) is 1.80. The minimum atomic E-state index is -0.556. The van der Waals surface area contributed by atoms with Crippen LogP contribution in [0.3, 0.4) is 0 Å². The van der Waals surface area contributed by atoms with Gasteiger partial charge in [-0.05, 0) is 58.0 Å². The Kier molecular flexibility index (Phi) is 10.9. The zero-order valence-corrected chi connectivity index (χ0v) is 15.3. The van der Waals surface area contributed by atoms with E-state index in [1.165, 1.54) is 45.2 Å². The lowest BCUT2D eigenvalue weighted by Gasteiger charge is -2.28. The molecule has 2 fully saturated rings. The molecule has 0 aromatic rings. The molecule has 0 atom stereocenters. The number of likely N-dealkylation sites (tertiary alicyclic amines) is 1. The van der Waals surface area contributed by atoms with Crippen molar-refractivity contribution in [1.29, 1.82) is 0 Å². The van der Waals surface area contributed by atoms with Gasteiger partial charge in [0.2, 0.25) is 0 Å². The van der Waals surface area contributed by atoms with Crippen molar-refractivity contribution in [3.63, 3.8) is 0 Å². The summed E-state index contributed by atoms with van der Waals surface area (Å²) < 4.78 is 18.5. The summed E-state index contributed by atoms with van der Waals surface area (Å²) in [5, 5.41) is 0. The van der Waals surface area contributed by atoms with Crippen LogP contribution in [0.5, 0.6) is 0 Å². The van der Waals surface area contributed by atoms with Gasteiger partial charge in [0.15, 0.2) is 0 Å². The first-order valence-corrected chi connectivity index (χ1v) is 9.97. The van der Waals surface area contributed by atoms with Crippen LogP contribution in [-0.2, 0) is 4.74 Å². The Bertz CT molecular complexity index is 293. The minimum Gasteiger partial charge on any atom is -0.380 e. The third kappa shape index (κ3) is 9.28. The van der Waals surface area contributed by atoms with E-state index in [0.29, 0.717) is 0 Å². The van der Waals surface area contributed by atoms with Crippen LogP contribution < -0.4 is 10.9 Å².